The number of amides is 1. The molecule has 0 radical (unpaired) electrons. The van der Waals surface area contributed by atoms with Crippen LogP contribution in [0.3, 0.4) is 0 Å². The summed E-state index contributed by atoms with van der Waals surface area (Å²) in [5.74, 6) is 1.45. The Balaban J connectivity index is 1.00. The number of nitrogens with zero attached hydrogens (tertiary/aromatic N) is 8. The lowest BCUT2D eigenvalue weighted by molar-refractivity contribution is -0.117. The van der Waals surface area contributed by atoms with E-state index in [1.807, 2.05) is 18.3 Å². The van der Waals surface area contributed by atoms with Crippen molar-refractivity contribution in [2.75, 3.05) is 10.6 Å². The molecule has 2 saturated carbocycles. The van der Waals surface area contributed by atoms with Gasteiger partial charge in [0.1, 0.15) is 29.9 Å². The van der Waals surface area contributed by atoms with Crippen LogP contribution in [0.25, 0.3) is 11.3 Å². The van der Waals surface area contributed by atoms with Crippen LogP contribution in [0.5, 0.6) is 0 Å². The first kappa shape index (κ1) is 22.8. The van der Waals surface area contributed by atoms with E-state index in [2.05, 4.69) is 63.8 Å². The number of halogens is 1. The standard InChI is InChI=1S/C26H23ClN10O/c27-17-4-5-22(37-14-31-34-35-37)20(7-17)19-8-21(19)26(38)33-24-9-23(29-13-30-24)28-10-18-12-36-11-16(15-1-2-15)3-6-25(36)32-18/h3-7,9,11-15,19,21H,1-2,8,10H2,(H2,28,29,30,33,38). The van der Waals surface area contributed by atoms with Crippen LogP contribution in [-0.2, 0) is 11.3 Å². The van der Waals surface area contributed by atoms with E-state index in [0.717, 1.165) is 22.6 Å². The summed E-state index contributed by atoms with van der Waals surface area (Å²) >= 11 is 6.25. The van der Waals surface area contributed by atoms with Crippen LogP contribution in [0.2, 0.25) is 5.02 Å². The third kappa shape index (κ3) is 4.56. The van der Waals surface area contributed by atoms with Crippen LogP contribution in [0.15, 0.2) is 61.4 Å². The Morgan fingerprint density at radius 2 is 1.97 bits per heavy atom. The predicted molar refractivity (Wildman–Crippen MR) is 140 cm³/mol. The van der Waals surface area contributed by atoms with Gasteiger partial charge in [0.2, 0.25) is 5.91 Å². The average molecular weight is 527 g/mol. The average Bonchev–Trinajstić information content (AvgIpc) is 3.83. The van der Waals surface area contributed by atoms with Gasteiger partial charge in [0.25, 0.3) is 0 Å². The lowest BCUT2D eigenvalue weighted by Gasteiger charge is -2.10. The van der Waals surface area contributed by atoms with E-state index in [1.54, 1.807) is 16.8 Å². The minimum absolute atomic E-state index is 0.0165. The van der Waals surface area contributed by atoms with Gasteiger partial charge in [-0.25, -0.2) is 19.6 Å². The number of hydrogen-bond acceptors (Lipinski definition) is 8. The number of hydrogen-bond donors (Lipinski definition) is 2. The minimum Gasteiger partial charge on any atom is -0.364 e. The fourth-order valence-electron chi connectivity index (χ4n) is 4.86. The number of fused-ring (bicyclic) bond motifs is 1. The maximum absolute atomic E-state index is 13.0. The van der Waals surface area contributed by atoms with Crippen molar-refractivity contribution in [2.45, 2.75) is 37.6 Å². The van der Waals surface area contributed by atoms with Gasteiger partial charge in [0.15, 0.2) is 0 Å². The second kappa shape index (κ2) is 9.18. The highest BCUT2D eigenvalue weighted by atomic mass is 35.5. The van der Waals surface area contributed by atoms with Crippen molar-refractivity contribution < 1.29 is 4.79 Å². The maximum Gasteiger partial charge on any atom is 0.229 e. The molecule has 0 spiro atoms. The van der Waals surface area contributed by atoms with Crippen molar-refractivity contribution in [3.8, 4) is 5.69 Å². The molecule has 38 heavy (non-hydrogen) atoms. The molecule has 2 aliphatic rings. The normalized spacial score (nSPS) is 18.4. The number of imidazole rings is 1. The zero-order chi connectivity index (χ0) is 25.6. The highest BCUT2D eigenvalue weighted by molar-refractivity contribution is 6.30. The molecule has 0 bridgehead atoms. The van der Waals surface area contributed by atoms with Gasteiger partial charge in [0.05, 0.1) is 17.9 Å². The number of pyridine rings is 1. The summed E-state index contributed by atoms with van der Waals surface area (Å²) in [7, 11) is 0. The first-order valence-corrected chi connectivity index (χ1v) is 12.9. The third-order valence-electron chi connectivity index (χ3n) is 7.05. The Morgan fingerprint density at radius 3 is 2.82 bits per heavy atom. The molecule has 2 N–H and O–H groups in total. The molecular formula is C26H23ClN10O. The van der Waals surface area contributed by atoms with E-state index in [9.17, 15) is 4.79 Å². The molecule has 11 nitrogen and oxygen atoms in total. The van der Waals surface area contributed by atoms with Gasteiger partial charge in [-0.3, -0.25) is 4.79 Å². The van der Waals surface area contributed by atoms with Gasteiger partial charge in [-0.1, -0.05) is 17.7 Å². The number of tetrazole rings is 1. The number of carbonyl (C=O) groups is 1. The first-order valence-electron chi connectivity index (χ1n) is 12.5. The number of benzene rings is 1. The molecule has 1 aromatic carbocycles. The van der Waals surface area contributed by atoms with E-state index in [0.29, 0.717) is 35.5 Å². The Kier molecular flexibility index (Phi) is 5.50. The molecule has 4 heterocycles. The highest BCUT2D eigenvalue weighted by Gasteiger charge is 2.45. The monoisotopic (exact) mass is 526 g/mol. The first-order chi connectivity index (χ1) is 18.6. The molecule has 5 aromatic rings. The summed E-state index contributed by atoms with van der Waals surface area (Å²) in [6, 6.07) is 11.5. The Bertz CT molecular complexity index is 1650. The zero-order valence-corrected chi connectivity index (χ0v) is 21.0. The summed E-state index contributed by atoms with van der Waals surface area (Å²) in [4.78, 5) is 26.2. The van der Waals surface area contributed by atoms with Crippen LogP contribution in [0.1, 0.15) is 47.9 Å². The number of rotatable bonds is 8. The van der Waals surface area contributed by atoms with Gasteiger partial charge in [-0.05, 0) is 76.9 Å². The molecule has 7 rings (SSSR count). The fraction of sp³-hybridized carbons (Fsp3) is 0.269. The number of aromatic nitrogens is 8. The van der Waals surface area contributed by atoms with Crippen molar-refractivity contribution >= 4 is 34.8 Å². The van der Waals surface area contributed by atoms with Crippen molar-refractivity contribution in [3.63, 3.8) is 0 Å². The quantitative estimate of drug-likeness (QED) is 0.311. The topological polar surface area (TPSA) is 128 Å². The predicted octanol–water partition coefficient (Wildman–Crippen LogP) is 3.99. The summed E-state index contributed by atoms with van der Waals surface area (Å²) in [5.41, 5.74) is 4.94. The van der Waals surface area contributed by atoms with E-state index in [1.165, 1.54) is 31.1 Å². The smallest absolute Gasteiger partial charge is 0.229 e. The molecule has 2 fully saturated rings. The molecule has 2 atom stereocenters. The molecule has 0 aliphatic heterocycles. The largest absolute Gasteiger partial charge is 0.364 e. The molecule has 4 aromatic heterocycles. The van der Waals surface area contributed by atoms with Crippen molar-refractivity contribution in [2.24, 2.45) is 5.92 Å². The number of anilines is 2. The van der Waals surface area contributed by atoms with Gasteiger partial charge in [0, 0.05) is 29.4 Å². The zero-order valence-electron chi connectivity index (χ0n) is 20.2. The summed E-state index contributed by atoms with van der Waals surface area (Å²) in [6.07, 6.45) is 10.4. The van der Waals surface area contributed by atoms with E-state index >= 15 is 0 Å². The van der Waals surface area contributed by atoms with Crippen LogP contribution in [0.4, 0.5) is 11.6 Å². The van der Waals surface area contributed by atoms with Crippen LogP contribution < -0.4 is 10.6 Å². The highest BCUT2D eigenvalue weighted by Crippen LogP contribution is 2.50. The van der Waals surface area contributed by atoms with E-state index in [4.69, 9.17) is 11.6 Å². The van der Waals surface area contributed by atoms with E-state index < -0.39 is 0 Å². The maximum atomic E-state index is 13.0. The Morgan fingerprint density at radius 1 is 1.08 bits per heavy atom. The van der Waals surface area contributed by atoms with Crippen LogP contribution >= 0.6 is 11.6 Å². The molecule has 190 valence electrons. The number of carbonyl (C=O) groups excluding carboxylic acids is 1. The molecule has 12 heteroatoms. The van der Waals surface area contributed by atoms with Crippen molar-refractivity contribution in [3.05, 3.63) is 83.3 Å². The van der Waals surface area contributed by atoms with Gasteiger partial charge < -0.3 is 15.0 Å². The molecule has 1 amide bonds. The minimum atomic E-state index is -0.200. The van der Waals surface area contributed by atoms with Gasteiger partial charge >= 0.3 is 0 Å². The Labute approximate surface area is 222 Å². The van der Waals surface area contributed by atoms with Crippen molar-refractivity contribution in [1.29, 1.82) is 0 Å². The summed E-state index contributed by atoms with van der Waals surface area (Å²) in [5, 5.41) is 18.2. The molecule has 2 aliphatic carbocycles. The van der Waals surface area contributed by atoms with Crippen LogP contribution in [0, 0.1) is 5.92 Å². The molecule has 0 saturated heterocycles. The Hall–Kier alpha value is -4.38. The lowest BCUT2D eigenvalue weighted by atomic mass is 10.1. The second-order valence-corrected chi connectivity index (χ2v) is 10.2. The number of nitrogens with one attached hydrogen (secondary N) is 2. The van der Waals surface area contributed by atoms with E-state index in [-0.39, 0.29) is 17.7 Å². The van der Waals surface area contributed by atoms with Crippen LogP contribution in [-0.4, -0.2) is 45.5 Å². The van der Waals surface area contributed by atoms with Gasteiger partial charge in [-0.15, -0.1) is 5.10 Å². The fourth-order valence-corrected chi connectivity index (χ4v) is 5.04. The molecular weight excluding hydrogens is 504 g/mol. The SMILES string of the molecule is O=C(Nc1cc(NCc2cn3cc(C4CC4)ccc3n2)ncn1)C1CC1c1cc(Cl)ccc1-n1cnnn1. The lowest BCUT2D eigenvalue weighted by Crippen LogP contribution is -2.16. The summed E-state index contributed by atoms with van der Waals surface area (Å²) in [6.45, 7) is 0.504. The van der Waals surface area contributed by atoms with Gasteiger partial charge in [-0.2, -0.15) is 0 Å². The summed E-state index contributed by atoms with van der Waals surface area (Å²) < 4.78 is 3.66. The second-order valence-electron chi connectivity index (χ2n) is 9.77. The third-order valence-corrected chi connectivity index (χ3v) is 7.29. The van der Waals surface area contributed by atoms with Crippen molar-refractivity contribution in [1.82, 2.24) is 39.6 Å². The molecule has 2 unspecified atom stereocenters.